The second-order valence-electron chi connectivity index (χ2n) is 36.7. The number of nitrogens with zero attached hydrogens (tertiary/aromatic N) is 9. The molecular formula is C102H119N9O17S3+2. The van der Waals surface area contributed by atoms with E-state index in [1.165, 1.54) is 47.1 Å². The van der Waals surface area contributed by atoms with Crippen LogP contribution in [0.25, 0.3) is 0 Å². The summed E-state index contributed by atoms with van der Waals surface area (Å²) < 4.78 is 125. The fourth-order valence-corrected chi connectivity index (χ4v) is 22.7. The Morgan fingerprint density at radius 3 is 2.08 bits per heavy atom. The zero-order valence-corrected chi connectivity index (χ0v) is 77.9. The predicted molar refractivity (Wildman–Crippen MR) is 509 cm³/mol. The summed E-state index contributed by atoms with van der Waals surface area (Å²) in [6.45, 7) is 15.6. The molecule has 3 unspecified atom stereocenters. The Labute approximate surface area is 768 Å². The van der Waals surface area contributed by atoms with E-state index in [-0.39, 0.29) is 96.8 Å². The fraction of sp³-hybridized carbons (Fsp3) is 0.412. The number of carbonyl (C=O) groups excluding carboxylic acids is 2. The Morgan fingerprint density at radius 1 is 0.649 bits per heavy atom. The smallest absolute Gasteiger partial charge is 0.382 e. The Balaban J connectivity index is 0.581. The number of anilines is 3. The summed E-state index contributed by atoms with van der Waals surface area (Å²) in [5.74, 6) is -2.83. The van der Waals surface area contributed by atoms with Gasteiger partial charge in [0.2, 0.25) is 33.0 Å². The average Bonchev–Trinajstić information content (AvgIpc) is 0.947. The van der Waals surface area contributed by atoms with E-state index in [1.54, 1.807) is 48.5 Å². The summed E-state index contributed by atoms with van der Waals surface area (Å²) in [5, 5.41) is 46.1. The van der Waals surface area contributed by atoms with Gasteiger partial charge in [0.1, 0.15) is 36.7 Å². The van der Waals surface area contributed by atoms with Gasteiger partial charge in [0, 0.05) is 152 Å². The molecule has 1 fully saturated rings. The van der Waals surface area contributed by atoms with Gasteiger partial charge in [0.05, 0.1) is 20.1 Å². The number of Topliss-reactive ketones (excluding diaryl/α,β-unsaturated/α-hetero) is 1. The molecule has 131 heavy (non-hydrogen) atoms. The monoisotopic (exact) mass is 1840 g/mol. The van der Waals surface area contributed by atoms with Crippen molar-refractivity contribution in [2.24, 2.45) is 31.8 Å². The van der Waals surface area contributed by atoms with Gasteiger partial charge in [-0.15, -0.1) is 0 Å². The standard InChI is InChI=1S/C102H117N9O17S3/c1-8-108-86-50-46-75(130(120,121)122)64-81(86)101(4,5)92(108)40-17-11-18-41-93-100(2,3)80-49-45-76(131(123,124)125)65-87(80)111(93)56-28-12-19-42-94(113)103-55-27-26-36-82(104-97(115)83(61-68-29-13-9-14-30-68)105-99(117)127-66-69-31-15-10-16-32-69)88(112)67-126-98(116)102(6,7)106-96(114)72-51-57-107(58-52-72)129(118,119)91-39-25-22-35-79(91)95-77-47-43-73(109-59-53-70-33-20-23-37-84(70)109)62-89(77)128-90-63-74(44-48-78(90)95)110-60-54-71-34-21-24-38-85(71)110/h9-10,13-16,20-25,29-35,37-39,43-50,62-65,72,77,82-83,93,95H,8,11-12,17-19,26-28,36,40-42,51-61,66-67H2,1-7H3,(H4-2,103,104,105,106,113,114,115,117,120,121,122,123,124,125)/p+2/t77?,82-,83-,93?,95?/m0/s1. The summed E-state index contributed by atoms with van der Waals surface area (Å²) in [4.78, 5) is 51.0. The number of carbonyl (C=O) groups is 2. The highest BCUT2D eigenvalue weighted by molar-refractivity contribution is 7.89. The topological polar surface area (TPSA) is 351 Å². The third-order valence-corrected chi connectivity index (χ3v) is 30.7. The first kappa shape index (κ1) is 94.2. The minimum atomic E-state index is -4.52. The zero-order valence-electron chi connectivity index (χ0n) is 75.4. The minimum absolute atomic E-state index is 0.0141. The number of aliphatic hydroxyl groups is 4. The van der Waals surface area contributed by atoms with Gasteiger partial charge in [0.25, 0.3) is 20.2 Å². The number of hydrogen-bond donors (Lipinski definition) is 6. The Hall–Kier alpha value is -11.5. The average molecular weight is 1840 g/mol. The lowest BCUT2D eigenvalue weighted by molar-refractivity contribution is -0.435. The molecule has 26 nitrogen and oxygen atoms in total. The van der Waals surface area contributed by atoms with Crippen molar-refractivity contribution in [3.05, 3.63) is 257 Å². The number of allylic oxidation sites excluding steroid dienone is 3. The molecule has 0 spiro atoms. The molecule has 1 saturated heterocycles. The van der Waals surface area contributed by atoms with Crippen molar-refractivity contribution in [3.8, 4) is 5.75 Å². The van der Waals surface area contributed by atoms with E-state index in [2.05, 4.69) is 146 Å². The summed E-state index contributed by atoms with van der Waals surface area (Å²) in [6.07, 6.45) is 14.9. The number of rotatable bonds is 37. The molecule has 6 N–H and O–H groups in total. The molecule has 6 heterocycles. The molecule has 15 rings (SSSR count). The molecule has 7 aliphatic rings. The van der Waals surface area contributed by atoms with Gasteiger partial charge < -0.3 is 44.4 Å². The zero-order chi connectivity index (χ0) is 92.7. The number of benzene rings is 8. The molecular weight excluding hydrogens is 1720 g/mol. The van der Waals surface area contributed by atoms with E-state index < -0.39 is 101 Å². The highest BCUT2D eigenvalue weighted by atomic mass is 32.2. The van der Waals surface area contributed by atoms with Gasteiger partial charge in [-0.1, -0.05) is 167 Å². The van der Waals surface area contributed by atoms with Crippen LogP contribution in [-0.4, -0.2) is 191 Å². The fourth-order valence-electron chi connectivity index (χ4n) is 20.0. The second kappa shape index (κ2) is 39.9. The van der Waals surface area contributed by atoms with Crippen molar-refractivity contribution in [1.82, 2.24) is 4.31 Å². The highest BCUT2D eigenvalue weighted by Gasteiger charge is 2.49. The van der Waals surface area contributed by atoms with Crippen molar-refractivity contribution in [2.45, 2.75) is 219 Å². The van der Waals surface area contributed by atoms with Crippen LogP contribution in [0.3, 0.4) is 0 Å². The minimum Gasteiger partial charge on any atom is -0.497 e. The summed E-state index contributed by atoms with van der Waals surface area (Å²) in [6, 6.07) is 55.3. The number of ketones is 1. The molecule has 29 heteroatoms. The molecule has 0 aromatic heterocycles. The van der Waals surface area contributed by atoms with Crippen LogP contribution < -0.4 is 14.5 Å². The maximum atomic E-state index is 15.4. The molecule has 0 bridgehead atoms. The predicted octanol–water partition coefficient (Wildman–Crippen LogP) is 18.0. The van der Waals surface area contributed by atoms with Crippen LogP contribution in [0.1, 0.15) is 189 Å². The number of para-hydroxylation sites is 2. The van der Waals surface area contributed by atoms with Gasteiger partial charge in [0.15, 0.2) is 42.0 Å². The molecule has 0 radical (unpaired) electrons. The van der Waals surface area contributed by atoms with Crippen molar-refractivity contribution in [1.29, 1.82) is 0 Å². The lowest BCUT2D eigenvalue weighted by atomic mass is 9.75. The van der Waals surface area contributed by atoms with E-state index in [0.29, 0.717) is 67.8 Å². The van der Waals surface area contributed by atoms with Gasteiger partial charge in [-0.25, -0.2) is 28.2 Å². The number of ether oxygens (including phenoxy) is 3. The van der Waals surface area contributed by atoms with Crippen molar-refractivity contribution in [2.75, 3.05) is 62.2 Å². The Bertz CT molecular complexity index is 6240. The van der Waals surface area contributed by atoms with E-state index in [4.69, 9.17) is 14.2 Å². The number of piperidine rings is 1. The van der Waals surface area contributed by atoms with Crippen molar-refractivity contribution < 1.29 is 87.7 Å². The molecule has 8 aromatic rings. The van der Waals surface area contributed by atoms with Crippen LogP contribution in [0.15, 0.2) is 247 Å². The third-order valence-electron chi connectivity index (χ3n) is 27.0. The van der Waals surface area contributed by atoms with E-state index in [0.717, 1.165) is 114 Å². The molecule has 1 aliphatic carbocycles. The van der Waals surface area contributed by atoms with Gasteiger partial charge >= 0.3 is 12.1 Å². The van der Waals surface area contributed by atoms with E-state index in [1.807, 2.05) is 72.8 Å². The molecule has 8 aromatic carbocycles. The first-order chi connectivity index (χ1) is 62.7. The molecule has 5 atom stereocenters. The SMILES string of the molecule is CC[N+]1=C(CCCCCC2N(CCCCCC(O)=NCCCC[C@H](N=C(O)[C@H](Cc3ccccc3)N=C(O)OCc3ccccc3)C(=O)COC(=O)C(C)(C)N=C(O)C3CCN(S(=O)(=O)c4ccccc4C4c5ccc(N6CCc7ccccc76)cc5OC5=CC(=[N+]6CCc7ccccc76)C=CC54)CC3)c3cc(S(=O)(=O)O)ccc3C2(C)C)C(C)(C)c2cc(S(=O)(=O)O)ccc21. The quantitative estimate of drug-likeness (QED) is 0.00526. The van der Waals surface area contributed by atoms with Crippen LogP contribution in [0.5, 0.6) is 5.75 Å². The van der Waals surface area contributed by atoms with Crippen molar-refractivity contribution in [3.63, 3.8) is 0 Å². The molecule has 0 amide bonds. The van der Waals surface area contributed by atoms with Crippen LogP contribution in [0.2, 0.25) is 0 Å². The maximum absolute atomic E-state index is 15.4. The largest absolute Gasteiger partial charge is 0.497 e. The summed E-state index contributed by atoms with van der Waals surface area (Å²) in [5.41, 5.74) is 11.8. The van der Waals surface area contributed by atoms with E-state index >= 15 is 8.42 Å². The molecule has 690 valence electrons. The number of fused-ring (bicyclic) bond motifs is 6. The van der Waals surface area contributed by atoms with Crippen LogP contribution in [0, 0.1) is 11.8 Å². The second-order valence-corrected chi connectivity index (χ2v) is 41.4. The third kappa shape index (κ3) is 21.0. The van der Waals surface area contributed by atoms with Crippen LogP contribution in [0.4, 0.5) is 28.4 Å². The number of esters is 1. The number of aliphatic hydroxyl groups excluding tert-OH is 4. The lowest BCUT2D eigenvalue weighted by Crippen LogP contribution is -2.42. The van der Waals surface area contributed by atoms with E-state index in [9.17, 15) is 56.0 Å². The normalized spacial score (nSPS) is 19.7. The summed E-state index contributed by atoms with van der Waals surface area (Å²) in [7, 11) is -13.1. The van der Waals surface area contributed by atoms with Crippen LogP contribution >= 0.6 is 0 Å². The number of aliphatic imine (C=N–C) groups is 4. The Morgan fingerprint density at radius 2 is 1.34 bits per heavy atom. The maximum Gasteiger partial charge on any atom is 0.382 e. The van der Waals surface area contributed by atoms with Gasteiger partial charge in [-0.3, -0.25) is 18.9 Å². The lowest BCUT2D eigenvalue weighted by Gasteiger charge is -2.37. The highest BCUT2D eigenvalue weighted by Crippen LogP contribution is 2.53. The van der Waals surface area contributed by atoms with Gasteiger partial charge in [-0.2, -0.15) is 30.3 Å². The number of sulfonamides is 1. The summed E-state index contributed by atoms with van der Waals surface area (Å²) >= 11 is 0. The Kier molecular flexibility index (Phi) is 28.7. The van der Waals surface area contributed by atoms with Crippen molar-refractivity contribution >= 4 is 106 Å². The van der Waals surface area contributed by atoms with Gasteiger partial charge in [-0.05, 0) is 169 Å². The first-order valence-electron chi connectivity index (χ1n) is 45.7. The molecule has 0 saturated carbocycles. The molecule has 6 aliphatic heterocycles. The number of unbranched alkanes of at least 4 members (excludes halogenated alkanes) is 5. The first-order valence-corrected chi connectivity index (χ1v) is 50.0. The van der Waals surface area contributed by atoms with Crippen LogP contribution in [-0.2, 0) is 86.0 Å². The number of hydrogen-bond acceptors (Lipinski definition) is 17.